The van der Waals surface area contributed by atoms with Gasteiger partial charge in [0.25, 0.3) is 0 Å². The summed E-state index contributed by atoms with van der Waals surface area (Å²) in [4.78, 5) is 0. The Morgan fingerprint density at radius 3 is 0.489 bits per heavy atom. The van der Waals surface area contributed by atoms with E-state index in [-0.39, 0.29) is 37.3 Å². The molecule has 1 saturated carbocycles. The molecule has 0 aromatic rings. The minimum Gasteiger partial charge on any atom is -0.396 e. The van der Waals surface area contributed by atoms with Crippen LogP contribution in [0, 0.1) is 10.8 Å². The molecule has 0 unspecified atom stereocenters. The molecule has 45 heavy (non-hydrogen) atoms. The molecule has 0 aromatic heterocycles. The summed E-state index contributed by atoms with van der Waals surface area (Å²) in [6.45, 7) is 0.439. The van der Waals surface area contributed by atoms with Crippen molar-refractivity contribution in [2.75, 3.05) is 26.4 Å². The Morgan fingerprint density at radius 1 is 0.222 bits per heavy atom. The molecule has 0 aliphatic heterocycles. The third-order valence-corrected chi connectivity index (χ3v) is 11.8. The van der Waals surface area contributed by atoms with Crippen LogP contribution in [0.15, 0.2) is 0 Å². The van der Waals surface area contributed by atoms with Crippen molar-refractivity contribution < 1.29 is 20.4 Å². The summed E-state index contributed by atoms with van der Waals surface area (Å²) in [5, 5.41) is 40.9. The first kappa shape index (κ1) is 42.9. The summed E-state index contributed by atoms with van der Waals surface area (Å²) in [5.41, 5.74) is -0.445. The molecule has 1 aliphatic carbocycles. The van der Waals surface area contributed by atoms with Gasteiger partial charge in [-0.05, 0) is 49.4 Å². The molecule has 270 valence electrons. The average Bonchev–Trinajstić information content (AvgIpc) is 3.03. The summed E-state index contributed by atoms with van der Waals surface area (Å²) in [5.74, 6) is 0. The molecule has 4 N–H and O–H groups in total. The van der Waals surface area contributed by atoms with Crippen molar-refractivity contribution in [2.24, 2.45) is 10.8 Å². The number of aliphatic hydroxyl groups excluding tert-OH is 4. The first-order valence-corrected chi connectivity index (χ1v) is 20.6. The summed E-state index contributed by atoms with van der Waals surface area (Å²) >= 11 is 0. The van der Waals surface area contributed by atoms with Crippen LogP contribution in [0.25, 0.3) is 0 Å². The molecule has 0 atom stereocenters. The van der Waals surface area contributed by atoms with E-state index in [0.717, 1.165) is 25.7 Å². The number of hydrogen-bond donors (Lipinski definition) is 4. The maximum Gasteiger partial charge on any atom is 0.0436 e. The lowest BCUT2D eigenvalue weighted by atomic mass is 9.53. The fourth-order valence-corrected chi connectivity index (χ4v) is 8.90. The second-order valence-corrected chi connectivity index (χ2v) is 15.2. The fraction of sp³-hybridized carbons (Fsp3) is 1.00. The largest absolute Gasteiger partial charge is 0.396 e. The molecule has 0 saturated heterocycles. The van der Waals surface area contributed by atoms with Gasteiger partial charge in [0.05, 0.1) is 0 Å². The predicted molar refractivity (Wildman–Crippen MR) is 195 cm³/mol. The number of rotatable bonds is 8. The molecule has 0 aromatic carbocycles. The highest BCUT2D eigenvalue weighted by Crippen LogP contribution is 2.56. The van der Waals surface area contributed by atoms with Crippen molar-refractivity contribution in [3.63, 3.8) is 0 Å². The maximum atomic E-state index is 10.2. The zero-order chi connectivity index (χ0) is 32.6. The van der Waals surface area contributed by atoms with Crippen LogP contribution >= 0.6 is 0 Å². The zero-order valence-electron chi connectivity index (χ0n) is 30.4. The predicted octanol–water partition coefficient (Wildman–Crippen LogP) is 11.6. The molecule has 0 amide bonds. The normalized spacial score (nSPS) is 23.2. The smallest absolute Gasteiger partial charge is 0.0436 e. The van der Waals surface area contributed by atoms with Gasteiger partial charge in [-0.2, -0.15) is 0 Å². The van der Waals surface area contributed by atoms with Crippen molar-refractivity contribution in [3.05, 3.63) is 0 Å². The summed E-state index contributed by atoms with van der Waals surface area (Å²) in [6.07, 6.45) is 44.1. The second-order valence-electron chi connectivity index (χ2n) is 15.2. The van der Waals surface area contributed by atoms with Crippen LogP contribution in [0.3, 0.4) is 0 Å². The molecule has 4 heteroatoms. The molecule has 1 aliphatic rings. The van der Waals surface area contributed by atoms with E-state index >= 15 is 0 Å². The van der Waals surface area contributed by atoms with E-state index in [1.165, 1.54) is 173 Å². The standard InChI is InChI=1S/C41H82O4/c42-36-32-40(33-37-43)30-28-26-24-22-20-18-16-14-12-10-8-6-4-2-1-3-5-7-9-11-13-15-17-19-21-23-25-27-29-31-41(40,34-38-44)35-39-45/h42-45H,1-39H2. The van der Waals surface area contributed by atoms with Crippen molar-refractivity contribution in [2.45, 2.75) is 225 Å². The fourth-order valence-electron chi connectivity index (χ4n) is 8.90. The average molecular weight is 639 g/mol. The molecule has 1 rings (SSSR count). The van der Waals surface area contributed by atoms with Gasteiger partial charge in [0.2, 0.25) is 0 Å². The van der Waals surface area contributed by atoms with Crippen LogP contribution in [0.5, 0.6) is 0 Å². The lowest BCUT2D eigenvalue weighted by Crippen LogP contribution is -2.45. The monoisotopic (exact) mass is 639 g/mol. The van der Waals surface area contributed by atoms with Gasteiger partial charge in [-0.1, -0.05) is 186 Å². The van der Waals surface area contributed by atoms with Crippen molar-refractivity contribution in [1.82, 2.24) is 0 Å². The van der Waals surface area contributed by atoms with E-state index in [2.05, 4.69) is 0 Å². The molecular weight excluding hydrogens is 556 g/mol. The molecular formula is C41H82O4. The van der Waals surface area contributed by atoms with E-state index in [1.807, 2.05) is 0 Å². The first-order valence-electron chi connectivity index (χ1n) is 20.6. The van der Waals surface area contributed by atoms with Gasteiger partial charge in [0.1, 0.15) is 0 Å². The third kappa shape index (κ3) is 20.7. The van der Waals surface area contributed by atoms with Crippen LogP contribution in [0.2, 0.25) is 0 Å². The minimum atomic E-state index is -0.223. The highest BCUT2D eigenvalue weighted by atomic mass is 16.3. The van der Waals surface area contributed by atoms with Gasteiger partial charge < -0.3 is 20.4 Å². The molecule has 0 heterocycles. The maximum absolute atomic E-state index is 10.2. The highest BCUT2D eigenvalue weighted by molar-refractivity contribution is 4.98. The van der Waals surface area contributed by atoms with E-state index in [9.17, 15) is 20.4 Å². The summed E-state index contributed by atoms with van der Waals surface area (Å²) in [7, 11) is 0. The topological polar surface area (TPSA) is 80.9 Å². The van der Waals surface area contributed by atoms with Crippen molar-refractivity contribution in [3.8, 4) is 0 Å². The van der Waals surface area contributed by atoms with E-state index in [1.54, 1.807) is 0 Å². The molecule has 1 fully saturated rings. The van der Waals surface area contributed by atoms with E-state index in [4.69, 9.17) is 0 Å². The number of hydrogen-bond acceptors (Lipinski definition) is 4. The first-order chi connectivity index (χ1) is 22.2. The van der Waals surface area contributed by atoms with Crippen molar-refractivity contribution >= 4 is 0 Å². The molecule has 4 nitrogen and oxygen atoms in total. The van der Waals surface area contributed by atoms with Gasteiger partial charge >= 0.3 is 0 Å². The molecule has 0 bridgehead atoms. The molecule has 0 radical (unpaired) electrons. The quantitative estimate of drug-likeness (QED) is 0.213. The highest BCUT2D eigenvalue weighted by Gasteiger charge is 2.48. The van der Waals surface area contributed by atoms with Crippen LogP contribution < -0.4 is 0 Å². The second kappa shape index (κ2) is 31.1. The van der Waals surface area contributed by atoms with Crippen LogP contribution in [-0.2, 0) is 0 Å². The minimum absolute atomic E-state index is 0.110. The summed E-state index contributed by atoms with van der Waals surface area (Å²) in [6, 6.07) is 0. The van der Waals surface area contributed by atoms with Crippen LogP contribution in [0.1, 0.15) is 225 Å². The SMILES string of the molecule is OCCC1(CCO)CCCCCCCCCCCCCCCCCCCCCCCCCCCCCCCC1(CCO)CCO. The van der Waals surface area contributed by atoms with Gasteiger partial charge in [0, 0.05) is 26.4 Å². The number of aliphatic hydroxyl groups is 4. The van der Waals surface area contributed by atoms with Crippen molar-refractivity contribution in [1.29, 1.82) is 0 Å². The van der Waals surface area contributed by atoms with Gasteiger partial charge in [-0.15, -0.1) is 0 Å². The van der Waals surface area contributed by atoms with Gasteiger partial charge in [0.15, 0.2) is 0 Å². The van der Waals surface area contributed by atoms with Crippen LogP contribution in [-0.4, -0.2) is 46.9 Å². The third-order valence-electron chi connectivity index (χ3n) is 11.8. The summed E-state index contributed by atoms with van der Waals surface area (Å²) < 4.78 is 0. The van der Waals surface area contributed by atoms with E-state index in [0.29, 0.717) is 25.7 Å². The Bertz CT molecular complexity index is 532. The Hall–Kier alpha value is -0.160. The lowest BCUT2D eigenvalue weighted by Gasteiger charge is -2.52. The molecule has 0 spiro atoms. The van der Waals surface area contributed by atoms with E-state index < -0.39 is 0 Å². The Kier molecular flexibility index (Phi) is 29.6. The Balaban J connectivity index is 2.67. The van der Waals surface area contributed by atoms with Gasteiger partial charge in [-0.3, -0.25) is 0 Å². The Labute approximate surface area is 282 Å². The van der Waals surface area contributed by atoms with Crippen LogP contribution in [0.4, 0.5) is 0 Å². The Morgan fingerprint density at radius 2 is 0.356 bits per heavy atom. The van der Waals surface area contributed by atoms with Gasteiger partial charge in [-0.25, -0.2) is 0 Å². The lowest BCUT2D eigenvalue weighted by molar-refractivity contribution is -0.0601. The zero-order valence-corrected chi connectivity index (χ0v) is 30.4.